The van der Waals surface area contributed by atoms with Gasteiger partial charge in [-0.3, -0.25) is 4.79 Å². The van der Waals surface area contributed by atoms with E-state index in [9.17, 15) is 4.79 Å². The van der Waals surface area contributed by atoms with Gasteiger partial charge in [-0.05, 0) is 43.5 Å². The van der Waals surface area contributed by atoms with Crippen molar-refractivity contribution in [3.05, 3.63) is 33.3 Å². The highest BCUT2D eigenvalue weighted by Gasteiger charge is 2.28. The second kappa shape index (κ2) is 6.04. The first-order chi connectivity index (χ1) is 8.61. The van der Waals surface area contributed by atoms with Crippen molar-refractivity contribution in [1.82, 2.24) is 5.32 Å². The van der Waals surface area contributed by atoms with Crippen LogP contribution < -0.4 is 11.1 Å². The predicted molar refractivity (Wildman–Crippen MR) is 76.8 cm³/mol. The van der Waals surface area contributed by atoms with Crippen LogP contribution in [0.3, 0.4) is 0 Å². The molecule has 1 aromatic carbocycles. The highest BCUT2D eigenvalue weighted by atomic mass is 79.9. The zero-order valence-electron chi connectivity index (χ0n) is 9.96. The topological polar surface area (TPSA) is 55.1 Å². The maximum atomic E-state index is 12.1. The number of carbonyl (C=O) groups is 1. The quantitative estimate of drug-likeness (QED) is 0.894. The molecule has 3 N–H and O–H groups in total. The normalized spacial score (nSPS) is 23.1. The van der Waals surface area contributed by atoms with E-state index in [-0.39, 0.29) is 11.9 Å². The summed E-state index contributed by atoms with van der Waals surface area (Å²) >= 11 is 9.39. The maximum absolute atomic E-state index is 12.1. The summed E-state index contributed by atoms with van der Waals surface area (Å²) in [5.74, 6) is 0.279. The van der Waals surface area contributed by atoms with Crippen LogP contribution in [0.15, 0.2) is 22.7 Å². The van der Waals surface area contributed by atoms with Crippen molar-refractivity contribution in [3.8, 4) is 0 Å². The fourth-order valence-electron chi connectivity index (χ4n) is 2.43. The van der Waals surface area contributed by atoms with Crippen LogP contribution in [0.1, 0.15) is 29.6 Å². The van der Waals surface area contributed by atoms with Crippen molar-refractivity contribution >= 4 is 33.4 Å². The molecule has 1 amide bonds. The second-order valence-electron chi connectivity index (χ2n) is 4.63. The molecule has 2 rings (SSSR count). The van der Waals surface area contributed by atoms with Crippen molar-refractivity contribution in [2.45, 2.75) is 25.3 Å². The predicted octanol–water partition coefficient (Wildman–Crippen LogP) is 2.96. The van der Waals surface area contributed by atoms with Gasteiger partial charge in [-0.1, -0.05) is 34.0 Å². The summed E-state index contributed by atoms with van der Waals surface area (Å²) in [7, 11) is 0. The Bertz CT molecular complexity index is 453. The largest absolute Gasteiger partial charge is 0.349 e. The van der Waals surface area contributed by atoms with E-state index in [4.69, 9.17) is 17.3 Å². The highest BCUT2D eigenvalue weighted by Crippen LogP contribution is 2.26. The van der Waals surface area contributed by atoms with Crippen molar-refractivity contribution in [2.24, 2.45) is 11.7 Å². The van der Waals surface area contributed by atoms with Crippen molar-refractivity contribution < 1.29 is 4.79 Å². The molecule has 0 aliphatic heterocycles. The highest BCUT2D eigenvalue weighted by molar-refractivity contribution is 9.10. The molecule has 1 aromatic rings. The summed E-state index contributed by atoms with van der Waals surface area (Å²) in [6.07, 6.45) is 3.22. The van der Waals surface area contributed by atoms with Crippen molar-refractivity contribution in [2.75, 3.05) is 6.54 Å². The molecular weight excluding hydrogens is 316 g/mol. The fraction of sp³-hybridized carbons (Fsp3) is 0.462. The summed E-state index contributed by atoms with van der Waals surface area (Å²) in [6.45, 7) is 0.624. The van der Waals surface area contributed by atoms with E-state index in [0.717, 1.165) is 23.7 Å². The van der Waals surface area contributed by atoms with Crippen molar-refractivity contribution in [3.63, 3.8) is 0 Å². The van der Waals surface area contributed by atoms with Crippen LogP contribution in [0.5, 0.6) is 0 Å². The van der Waals surface area contributed by atoms with Gasteiger partial charge in [0.2, 0.25) is 0 Å². The first-order valence-corrected chi connectivity index (χ1v) is 7.25. The molecule has 98 valence electrons. The lowest BCUT2D eigenvalue weighted by atomic mass is 10.0. The average molecular weight is 332 g/mol. The third kappa shape index (κ3) is 3.05. The Morgan fingerprint density at radius 3 is 2.94 bits per heavy atom. The number of nitrogens with two attached hydrogens (primary N) is 1. The Morgan fingerprint density at radius 2 is 2.28 bits per heavy atom. The summed E-state index contributed by atoms with van der Waals surface area (Å²) in [5.41, 5.74) is 6.22. The van der Waals surface area contributed by atoms with Crippen LogP contribution in [-0.2, 0) is 0 Å². The van der Waals surface area contributed by atoms with Crippen LogP contribution in [0.2, 0.25) is 5.02 Å². The van der Waals surface area contributed by atoms with E-state index in [1.807, 2.05) is 6.07 Å². The summed E-state index contributed by atoms with van der Waals surface area (Å²) in [4.78, 5) is 12.1. The van der Waals surface area contributed by atoms with E-state index in [1.54, 1.807) is 12.1 Å². The Hall–Kier alpha value is -0.580. The summed E-state index contributed by atoms with van der Waals surface area (Å²) in [6, 6.07) is 5.46. The van der Waals surface area contributed by atoms with Gasteiger partial charge in [0, 0.05) is 10.5 Å². The molecule has 1 aliphatic rings. The van der Waals surface area contributed by atoms with E-state index >= 15 is 0 Å². The van der Waals surface area contributed by atoms with Gasteiger partial charge in [0.05, 0.1) is 10.6 Å². The van der Waals surface area contributed by atoms with Gasteiger partial charge in [-0.25, -0.2) is 0 Å². The maximum Gasteiger partial charge on any atom is 0.253 e. The molecule has 0 heterocycles. The van der Waals surface area contributed by atoms with E-state index in [2.05, 4.69) is 21.2 Å². The van der Waals surface area contributed by atoms with Gasteiger partial charge < -0.3 is 11.1 Å². The molecule has 1 fully saturated rings. The number of amides is 1. The molecule has 0 saturated heterocycles. The Balaban J connectivity index is 2.07. The van der Waals surface area contributed by atoms with Gasteiger partial charge in [0.15, 0.2) is 0 Å². The van der Waals surface area contributed by atoms with Gasteiger partial charge in [0.1, 0.15) is 0 Å². The molecule has 0 radical (unpaired) electrons. The zero-order chi connectivity index (χ0) is 13.1. The molecular formula is C13H16BrClN2O. The van der Waals surface area contributed by atoms with Crippen LogP contribution in [0.4, 0.5) is 0 Å². The van der Waals surface area contributed by atoms with Crippen LogP contribution in [0.25, 0.3) is 0 Å². The first kappa shape index (κ1) is 13.8. The minimum Gasteiger partial charge on any atom is -0.349 e. The van der Waals surface area contributed by atoms with Gasteiger partial charge in [0.25, 0.3) is 5.91 Å². The lowest BCUT2D eigenvalue weighted by molar-refractivity contribution is 0.0929. The SMILES string of the molecule is NCC1CCCC1NC(=O)c1ccc(Br)cc1Cl. The number of hydrogen-bond donors (Lipinski definition) is 2. The first-order valence-electron chi connectivity index (χ1n) is 6.08. The number of halogens is 2. The Kier molecular flexibility index (Phi) is 4.65. The minimum absolute atomic E-state index is 0.113. The van der Waals surface area contributed by atoms with Crippen LogP contribution in [0, 0.1) is 5.92 Å². The Labute approximate surface area is 120 Å². The third-order valence-electron chi connectivity index (χ3n) is 3.45. The minimum atomic E-state index is -0.113. The summed E-state index contributed by atoms with van der Waals surface area (Å²) in [5, 5.41) is 3.50. The van der Waals surface area contributed by atoms with Crippen LogP contribution >= 0.6 is 27.5 Å². The molecule has 3 nitrogen and oxygen atoms in total. The van der Waals surface area contributed by atoms with E-state index < -0.39 is 0 Å². The van der Waals surface area contributed by atoms with Crippen molar-refractivity contribution in [1.29, 1.82) is 0 Å². The molecule has 0 aromatic heterocycles. The molecule has 0 spiro atoms. The van der Waals surface area contributed by atoms with Gasteiger partial charge in [-0.15, -0.1) is 0 Å². The van der Waals surface area contributed by atoms with Crippen LogP contribution in [-0.4, -0.2) is 18.5 Å². The van der Waals surface area contributed by atoms with E-state index in [1.165, 1.54) is 0 Å². The number of nitrogens with one attached hydrogen (secondary N) is 1. The molecule has 5 heteroatoms. The van der Waals surface area contributed by atoms with E-state index in [0.29, 0.717) is 23.0 Å². The molecule has 0 bridgehead atoms. The molecule has 1 aliphatic carbocycles. The standard InChI is InChI=1S/C13H16BrClN2O/c14-9-4-5-10(11(15)6-9)13(18)17-12-3-1-2-8(12)7-16/h4-6,8,12H,1-3,7,16H2,(H,17,18). The fourth-order valence-corrected chi connectivity index (χ4v) is 3.19. The third-order valence-corrected chi connectivity index (χ3v) is 4.26. The second-order valence-corrected chi connectivity index (χ2v) is 5.95. The summed E-state index contributed by atoms with van der Waals surface area (Å²) < 4.78 is 0.866. The molecule has 1 saturated carbocycles. The van der Waals surface area contributed by atoms with Gasteiger partial charge >= 0.3 is 0 Å². The smallest absolute Gasteiger partial charge is 0.253 e. The molecule has 2 unspecified atom stereocenters. The average Bonchev–Trinajstić information content (AvgIpc) is 2.76. The lowest BCUT2D eigenvalue weighted by Gasteiger charge is -2.19. The van der Waals surface area contributed by atoms with Gasteiger partial charge in [-0.2, -0.15) is 0 Å². The molecule has 18 heavy (non-hydrogen) atoms. The lowest BCUT2D eigenvalue weighted by Crippen LogP contribution is -2.39. The number of hydrogen-bond acceptors (Lipinski definition) is 2. The molecule has 2 atom stereocenters. The number of benzene rings is 1. The number of carbonyl (C=O) groups excluding carboxylic acids is 1. The monoisotopic (exact) mass is 330 g/mol. The Morgan fingerprint density at radius 1 is 1.50 bits per heavy atom. The number of rotatable bonds is 3. The zero-order valence-corrected chi connectivity index (χ0v) is 12.3.